The molecule has 0 aromatic heterocycles. The van der Waals surface area contributed by atoms with Gasteiger partial charge in [0, 0.05) is 18.5 Å². The van der Waals surface area contributed by atoms with Gasteiger partial charge in [0.15, 0.2) is 0 Å². The normalized spacial score (nSPS) is 9.96. The Morgan fingerprint density at radius 1 is 1.08 bits per heavy atom. The zero-order chi connectivity index (χ0) is 18.2. The largest absolute Gasteiger partial charge is 0.497 e. The number of carbonyl (C=O) groups is 3. The van der Waals surface area contributed by atoms with Crippen molar-refractivity contribution >= 4 is 23.4 Å². The maximum Gasteiger partial charge on any atom is 0.251 e. The number of nitrogens with two attached hydrogens (primary N) is 1. The number of rotatable bonds is 7. The number of hydrogen-bond donors (Lipinski definition) is 3. The summed E-state index contributed by atoms with van der Waals surface area (Å²) in [5.41, 5.74) is 6.28. The van der Waals surface area contributed by atoms with Gasteiger partial charge in [-0.1, -0.05) is 18.2 Å². The summed E-state index contributed by atoms with van der Waals surface area (Å²) < 4.78 is 5.06. The highest BCUT2D eigenvalue weighted by Crippen LogP contribution is 2.14. The molecule has 25 heavy (non-hydrogen) atoms. The molecule has 0 saturated carbocycles. The maximum atomic E-state index is 12.0. The zero-order valence-corrected chi connectivity index (χ0v) is 13.7. The molecule has 7 heteroatoms. The second-order valence-corrected chi connectivity index (χ2v) is 5.20. The molecule has 2 aromatic carbocycles. The van der Waals surface area contributed by atoms with Crippen LogP contribution < -0.4 is 21.1 Å². The van der Waals surface area contributed by atoms with Crippen LogP contribution >= 0.6 is 0 Å². The molecular formula is C18H19N3O4. The van der Waals surface area contributed by atoms with Gasteiger partial charge in [0.05, 0.1) is 18.4 Å². The van der Waals surface area contributed by atoms with Crippen LogP contribution in [0.5, 0.6) is 5.75 Å². The van der Waals surface area contributed by atoms with Crippen molar-refractivity contribution in [2.75, 3.05) is 19.0 Å². The number of primary amides is 1. The van der Waals surface area contributed by atoms with Gasteiger partial charge >= 0.3 is 0 Å². The number of hydrogen-bond acceptors (Lipinski definition) is 4. The lowest BCUT2D eigenvalue weighted by molar-refractivity contribution is -0.116. The van der Waals surface area contributed by atoms with E-state index < -0.39 is 5.91 Å². The molecule has 0 radical (unpaired) electrons. The number of ether oxygens (including phenoxy) is 1. The van der Waals surface area contributed by atoms with Crippen LogP contribution in [-0.2, 0) is 4.79 Å². The van der Waals surface area contributed by atoms with E-state index in [2.05, 4.69) is 10.6 Å². The lowest BCUT2D eigenvalue weighted by Gasteiger charge is -2.09. The Morgan fingerprint density at radius 2 is 1.84 bits per heavy atom. The Morgan fingerprint density at radius 3 is 2.56 bits per heavy atom. The van der Waals surface area contributed by atoms with Crippen molar-refractivity contribution in [1.29, 1.82) is 0 Å². The van der Waals surface area contributed by atoms with Gasteiger partial charge in [0.1, 0.15) is 5.75 Å². The lowest BCUT2D eigenvalue weighted by atomic mass is 10.1. The van der Waals surface area contributed by atoms with Gasteiger partial charge in [-0.25, -0.2) is 0 Å². The summed E-state index contributed by atoms with van der Waals surface area (Å²) in [6.45, 7) is 0.153. The number of amides is 3. The van der Waals surface area contributed by atoms with Gasteiger partial charge in [-0.05, 0) is 30.3 Å². The molecule has 7 nitrogen and oxygen atoms in total. The van der Waals surface area contributed by atoms with Gasteiger partial charge in [0.2, 0.25) is 5.91 Å². The van der Waals surface area contributed by atoms with Crippen molar-refractivity contribution in [3.05, 3.63) is 59.7 Å². The Kier molecular flexibility index (Phi) is 6.11. The SMILES string of the molecule is COc1cccc(C(=O)NCCC(=O)Nc2ccccc2C(N)=O)c1. The van der Waals surface area contributed by atoms with Crippen LogP contribution in [0.4, 0.5) is 5.69 Å². The molecule has 0 unspecified atom stereocenters. The standard InChI is InChI=1S/C18H19N3O4/c1-25-13-6-4-5-12(11-13)18(24)20-10-9-16(22)21-15-8-3-2-7-14(15)17(19)23/h2-8,11H,9-10H2,1H3,(H2,19,23)(H,20,24)(H,21,22). The predicted octanol–water partition coefficient (Wildman–Crippen LogP) is 1.55. The fraction of sp³-hybridized carbons (Fsp3) is 0.167. The van der Waals surface area contributed by atoms with Crippen molar-refractivity contribution in [2.45, 2.75) is 6.42 Å². The molecule has 0 bridgehead atoms. The van der Waals surface area contributed by atoms with Crippen LogP contribution in [-0.4, -0.2) is 31.4 Å². The first-order valence-electron chi connectivity index (χ1n) is 7.62. The summed E-state index contributed by atoms with van der Waals surface area (Å²) >= 11 is 0. The number of methoxy groups -OCH3 is 1. The number of para-hydroxylation sites is 1. The van der Waals surface area contributed by atoms with Crippen LogP contribution in [0, 0.1) is 0 Å². The number of nitrogens with one attached hydrogen (secondary N) is 2. The monoisotopic (exact) mass is 341 g/mol. The molecule has 0 aliphatic carbocycles. The zero-order valence-electron chi connectivity index (χ0n) is 13.7. The van der Waals surface area contributed by atoms with E-state index in [1.54, 1.807) is 42.5 Å². The summed E-state index contributed by atoms with van der Waals surface area (Å²) in [5.74, 6) is -0.681. The minimum atomic E-state index is -0.623. The summed E-state index contributed by atoms with van der Waals surface area (Å²) in [6.07, 6.45) is 0.0583. The third kappa shape index (κ3) is 5.07. The van der Waals surface area contributed by atoms with Crippen LogP contribution in [0.15, 0.2) is 48.5 Å². The van der Waals surface area contributed by atoms with E-state index >= 15 is 0 Å². The highest BCUT2D eigenvalue weighted by molar-refractivity contribution is 6.03. The average Bonchev–Trinajstić information content (AvgIpc) is 2.62. The van der Waals surface area contributed by atoms with Gasteiger partial charge < -0.3 is 21.1 Å². The van der Waals surface area contributed by atoms with E-state index in [0.717, 1.165) is 0 Å². The quantitative estimate of drug-likeness (QED) is 0.709. The van der Waals surface area contributed by atoms with Crippen LogP contribution in [0.2, 0.25) is 0 Å². The van der Waals surface area contributed by atoms with Gasteiger partial charge in [-0.3, -0.25) is 14.4 Å². The first-order valence-corrected chi connectivity index (χ1v) is 7.62. The minimum Gasteiger partial charge on any atom is -0.497 e. The molecule has 0 fully saturated rings. The van der Waals surface area contributed by atoms with Crippen molar-refractivity contribution in [3.63, 3.8) is 0 Å². The molecule has 0 aliphatic heterocycles. The molecule has 0 atom stereocenters. The molecule has 4 N–H and O–H groups in total. The van der Waals surface area contributed by atoms with Gasteiger partial charge in [-0.2, -0.15) is 0 Å². The number of carbonyl (C=O) groups excluding carboxylic acids is 3. The van der Waals surface area contributed by atoms with Crippen molar-refractivity contribution in [2.24, 2.45) is 5.73 Å². The Labute approximate surface area is 145 Å². The average molecular weight is 341 g/mol. The summed E-state index contributed by atoms with van der Waals surface area (Å²) in [5, 5.41) is 5.27. The van der Waals surface area contributed by atoms with E-state index in [1.165, 1.54) is 13.2 Å². The van der Waals surface area contributed by atoms with Crippen molar-refractivity contribution < 1.29 is 19.1 Å². The number of benzene rings is 2. The molecular weight excluding hydrogens is 322 g/mol. The van der Waals surface area contributed by atoms with Crippen molar-refractivity contribution in [3.8, 4) is 5.75 Å². The Bertz CT molecular complexity index is 789. The summed E-state index contributed by atoms with van der Waals surface area (Å²) in [4.78, 5) is 35.3. The first kappa shape index (κ1) is 18.0. The fourth-order valence-corrected chi connectivity index (χ4v) is 2.18. The minimum absolute atomic E-state index is 0.0583. The highest BCUT2D eigenvalue weighted by atomic mass is 16.5. The van der Waals surface area contributed by atoms with E-state index in [9.17, 15) is 14.4 Å². The molecule has 0 spiro atoms. The lowest BCUT2D eigenvalue weighted by Crippen LogP contribution is -2.28. The third-order valence-corrected chi connectivity index (χ3v) is 3.44. The number of anilines is 1. The highest BCUT2D eigenvalue weighted by Gasteiger charge is 2.11. The van der Waals surface area contributed by atoms with Gasteiger partial charge in [-0.15, -0.1) is 0 Å². The van der Waals surface area contributed by atoms with Gasteiger partial charge in [0.25, 0.3) is 11.8 Å². The van der Waals surface area contributed by atoms with Crippen LogP contribution in [0.1, 0.15) is 27.1 Å². The van der Waals surface area contributed by atoms with E-state index in [-0.39, 0.29) is 30.3 Å². The molecule has 3 amide bonds. The maximum absolute atomic E-state index is 12.0. The second-order valence-electron chi connectivity index (χ2n) is 5.20. The molecule has 2 rings (SSSR count). The molecule has 2 aromatic rings. The first-order chi connectivity index (χ1) is 12.0. The summed E-state index contributed by atoms with van der Waals surface area (Å²) in [7, 11) is 1.52. The third-order valence-electron chi connectivity index (χ3n) is 3.44. The molecule has 0 saturated heterocycles. The van der Waals surface area contributed by atoms with E-state index in [4.69, 9.17) is 10.5 Å². The summed E-state index contributed by atoms with van der Waals surface area (Å²) in [6, 6.07) is 13.2. The Hall–Kier alpha value is -3.35. The van der Waals surface area contributed by atoms with E-state index in [1.807, 2.05) is 0 Å². The predicted molar refractivity (Wildman–Crippen MR) is 93.5 cm³/mol. The van der Waals surface area contributed by atoms with Crippen molar-refractivity contribution in [1.82, 2.24) is 5.32 Å². The fourth-order valence-electron chi connectivity index (χ4n) is 2.18. The molecule has 130 valence electrons. The van der Waals surface area contributed by atoms with Crippen LogP contribution in [0.25, 0.3) is 0 Å². The second kappa shape index (κ2) is 8.49. The Balaban J connectivity index is 1.86. The van der Waals surface area contributed by atoms with Crippen LogP contribution in [0.3, 0.4) is 0 Å². The molecule has 0 aliphatic rings. The smallest absolute Gasteiger partial charge is 0.251 e. The topological polar surface area (TPSA) is 111 Å². The molecule has 0 heterocycles. The van der Waals surface area contributed by atoms with E-state index in [0.29, 0.717) is 17.0 Å².